The number of thiophene rings is 1. The highest BCUT2D eigenvalue weighted by Gasteiger charge is 2.23. The zero-order chi connectivity index (χ0) is 30.9. The average molecular weight is 618 g/mol. The smallest absolute Gasteiger partial charge is 0.143 e. The van der Waals surface area contributed by atoms with Crippen molar-refractivity contribution in [3.8, 4) is 11.1 Å². The molecule has 8 aromatic carbocycles. The van der Waals surface area contributed by atoms with Gasteiger partial charge in [-0.2, -0.15) is 0 Å². The van der Waals surface area contributed by atoms with E-state index in [1.165, 1.54) is 42.1 Å². The molecule has 0 amide bonds. The van der Waals surface area contributed by atoms with Gasteiger partial charge in [-0.3, -0.25) is 0 Å². The Labute approximate surface area is 275 Å². The van der Waals surface area contributed by atoms with Crippen molar-refractivity contribution >= 4 is 92.1 Å². The maximum atomic E-state index is 6.81. The third kappa shape index (κ3) is 3.97. The Balaban J connectivity index is 1.34. The molecule has 10 aromatic rings. The van der Waals surface area contributed by atoms with Crippen LogP contribution in [0.4, 0.5) is 17.1 Å². The average Bonchev–Trinajstić information content (AvgIpc) is 3.71. The SMILES string of the molecule is c1ccc(N(c2cccc3ccccc23)c2cc3c(oc4cccc(-c5cccc6sc7ccccc7c56)c43)c3ccccc23)cc1. The Morgan fingerprint density at radius 1 is 0.426 bits per heavy atom. The molecule has 0 N–H and O–H groups in total. The van der Waals surface area contributed by atoms with Crippen LogP contribution in [0.1, 0.15) is 0 Å². The predicted octanol–water partition coefficient (Wildman–Crippen LogP) is 13.4. The lowest BCUT2D eigenvalue weighted by Gasteiger charge is -2.28. The Bertz CT molecular complexity index is 2800. The molecule has 3 heteroatoms. The fourth-order valence-electron chi connectivity index (χ4n) is 7.43. The molecule has 220 valence electrons. The van der Waals surface area contributed by atoms with Gasteiger partial charge in [0.05, 0.1) is 11.4 Å². The van der Waals surface area contributed by atoms with E-state index in [-0.39, 0.29) is 0 Å². The largest absolute Gasteiger partial charge is 0.455 e. The van der Waals surface area contributed by atoms with E-state index >= 15 is 0 Å². The van der Waals surface area contributed by atoms with Gasteiger partial charge in [0.2, 0.25) is 0 Å². The third-order valence-electron chi connectivity index (χ3n) is 9.44. The summed E-state index contributed by atoms with van der Waals surface area (Å²) in [5, 5.41) is 9.51. The minimum absolute atomic E-state index is 0.896. The first-order valence-electron chi connectivity index (χ1n) is 15.9. The topological polar surface area (TPSA) is 16.4 Å². The maximum absolute atomic E-state index is 6.81. The van der Waals surface area contributed by atoms with Crippen LogP contribution < -0.4 is 4.90 Å². The van der Waals surface area contributed by atoms with Gasteiger partial charge in [0.25, 0.3) is 0 Å². The highest BCUT2D eigenvalue weighted by Crippen LogP contribution is 2.49. The molecular formula is C44H27NOS. The summed E-state index contributed by atoms with van der Waals surface area (Å²) in [6.45, 7) is 0. The summed E-state index contributed by atoms with van der Waals surface area (Å²) in [5.74, 6) is 0. The molecule has 0 spiro atoms. The summed E-state index contributed by atoms with van der Waals surface area (Å²) in [7, 11) is 0. The van der Waals surface area contributed by atoms with Crippen LogP contribution in [0.3, 0.4) is 0 Å². The second kappa shape index (κ2) is 10.3. The Morgan fingerprint density at radius 3 is 1.94 bits per heavy atom. The number of fused-ring (bicyclic) bond motifs is 9. The number of hydrogen-bond donors (Lipinski definition) is 0. The monoisotopic (exact) mass is 617 g/mol. The van der Waals surface area contributed by atoms with Crippen molar-refractivity contribution in [2.75, 3.05) is 4.90 Å². The van der Waals surface area contributed by atoms with Crippen molar-refractivity contribution in [3.63, 3.8) is 0 Å². The van der Waals surface area contributed by atoms with E-state index in [9.17, 15) is 0 Å². The van der Waals surface area contributed by atoms with Gasteiger partial charge in [0.15, 0.2) is 0 Å². The van der Waals surface area contributed by atoms with E-state index < -0.39 is 0 Å². The van der Waals surface area contributed by atoms with E-state index in [0.29, 0.717) is 0 Å². The minimum atomic E-state index is 0.896. The molecule has 0 saturated carbocycles. The standard InChI is InChI=1S/C44H27NOS/c1-2-15-29(16-3-1)45(37-23-10-14-28-13-4-5-17-30(28)37)38-27-36-42-32(21-11-24-39(42)46-44(36)34-19-7-6-18-31(34)38)33-22-12-26-41-43(33)35-20-8-9-25-40(35)47-41/h1-27H. The van der Waals surface area contributed by atoms with Gasteiger partial charge >= 0.3 is 0 Å². The predicted molar refractivity (Wildman–Crippen MR) is 202 cm³/mol. The number of furan rings is 1. The normalized spacial score (nSPS) is 11.8. The Kier molecular flexibility index (Phi) is 5.78. The first-order chi connectivity index (χ1) is 23.3. The number of para-hydroxylation sites is 1. The van der Waals surface area contributed by atoms with Crippen LogP contribution in [-0.2, 0) is 0 Å². The van der Waals surface area contributed by atoms with Crippen LogP contribution in [0, 0.1) is 0 Å². The van der Waals surface area contributed by atoms with E-state index in [1.807, 2.05) is 11.3 Å². The molecular weight excluding hydrogens is 591 g/mol. The molecule has 2 heterocycles. The van der Waals surface area contributed by atoms with E-state index in [2.05, 4.69) is 169 Å². The molecule has 0 aliphatic rings. The summed E-state index contributed by atoms with van der Waals surface area (Å²) in [4.78, 5) is 2.42. The highest BCUT2D eigenvalue weighted by molar-refractivity contribution is 7.25. The third-order valence-corrected chi connectivity index (χ3v) is 10.6. The molecule has 0 unspecified atom stereocenters. The maximum Gasteiger partial charge on any atom is 0.143 e. The molecule has 47 heavy (non-hydrogen) atoms. The summed E-state index contributed by atoms with van der Waals surface area (Å²) in [6.07, 6.45) is 0. The van der Waals surface area contributed by atoms with Crippen LogP contribution >= 0.6 is 11.3 Å². The van der Waals surface area contributed by atoms with Crippen molar-refractivity contribution in [2.45, 2.75) is 0 Å². The zero-order valence-corrected chi connectivity index (χ0v) is 26.2. The second-order valence-corrected chi connectivity index (χ2v) is 13.1. The van der Waals surface area contributed by atoms with Crippen molar-refractivity contribution in [1.29, 1.82) is 0 Å². The van der Waals surface area contributed by atoms with E-state index in [0.717, 1.165) is 49.8 Å². The highest BCUT2D eigenvalue weighted by atomic mass is 32.1. The van der Waals surface area contributed by atoms with Crippen LogP contribution in [0.25, 0.3) is 74.8 Å². The molecule has 0 saturated heterocycles. The Morgan fingerprint density at radius 2 is 1.06 bits per heavy atom. The van der Waals surface area contributed by atoms with Crippen LogP contribution in [0.5, 0.6) is 0 Å². The second-order valence-electron chi connectivity index (χ2n) is 12.0. The Hall–Kier alpha value is -5.90. The van der Waals surface area contributed by atoms with E-state index in [4.69, 9.17) is 4.42 Å². The van der Waals surface area contributed by atoms with Crippen molar-refractivity contribution < 1.29 is 4.42 Å². The van der Waals surface area contributed by atoms with Gasteiger partial charge in [-0.15, -0.1) is 11.3 Å². The van der Waals surface area contributed by atoms with Gasteiger partial charge in [-0.1, -0.05) is 121 Å². The van der Waals surface area contributed by atoms with Crippen molar-refractivity contribution in [2.24, 2.45) is 0 Å². The quantitative estimate of drug-likeness (QED) is 0.195. The van der Waals surface area contributed by atoms with Gasteiger partial charge in [-0.25, -0.2) is 0 Å². The molecule has 0 bridgehead atoms. The lowest BCUT2D eigenvalue weighted by Crippen LogP contribution is -2.11. The summed E-state index contributed by atoms with van der Waals surface area (Å²) in [6, 6.07) is 58.9. The van der Waals surface area contributed by atoms with Crippen LogP contribution in [-0.4, -0.2) is 0 Å². The number of benzene rings is 8. The lowest BCUT2D eigenvalue weighted by molar-refractivity contribution is 0.673. The first kappa shape index (κ1) is 26.3. The van der Waals surface area contributed by atoms with Crippen LogP contribution in [0.15, 0.2) is 168 Å². The molecule has 0 atom stereocenters. The molecule has 0 radical (unpaired) electrons. The van der Waals surface area contributed by atoms with E-state index in [1.54, 1.807) is 0 Å². The first-order valence-corrected chi connectivity index (χ1v) is 16.8. The summed E-state index contributed by atoms with van der Waals surface area (Å²) < 4.78 is 9.41. The molecule has 2 aromatic heterocycles. The fraction of sp³-hybridized carbons (Fsp3) is 0. The van der Waals surface area contributed by atoms with Gasteiger partial charge < -0.3 is 9.32 Å². The van der Waals surface area contributed by atoms with Gasteiger partial charge in [-0.05, 0) is 59.0 Å². The fourth-order valence-corrected chi connectivity index (χ4v) is 8.56. The van der Waals surface area contributed by atoms with Crippen molar-refractivity contribution in [1.82, 2.24) is 0 Å². The molecule has 2 nitrogen and oxygen atoms in total. The van der Waals surface area contributed by atoms with Crippen molar-refractivity contribution in [3.05, 3.63) is 164 Å². The lowest BCUT2D eigenvalue weighted by atomic mass is 9.94. The van der Waals surface area contributed by atoms with Crippen LogP contribution in [0.2, 0.25) is 0 Å². The van der Waals surface area contributed by atoms with Gasteiger partial charge in [0.1, 0.15) is 11.2 Å². The molecule has 0 aliphatic heterocycles. The molecule has 0 fully saturated rings. The number of anilines is 3. The number of nitrogens with zero attached hydrogens (tertiary/aromatic N) is 1. The number of rotatable bonds is 4. The zero-order valence-electron chi connectivity index (χ0n) is 25.4. The summed E-state index contributed by atoms with van der Waals surface area (Å²) in [5.41, 5.74) is 7.60. The summed E-state index contributed by atoms with van der Waals surface area (Å²) >= 11 is 1.86. The minimum Gasteiger partial charge on any atom is -0.455 e. The van der Waals surface area contributed by atoms with Gasteiger partial charge in [0, 0.05) is 52.8 Å². The molecule has 0 aliphatic carbocycles. The molecule has 10 rings (SSSR count). The number of hydrogen-bond acceptors (Lipinski definition) is 3.